The Bertz CT molecular complexity index is 1010. The lowest BCUT2D eigenvalue weighted by Crippen LogP contribution is -2.14. The summed E-state index contributed by atoms with van der Waals surface area (Å²) in [6.45, 7) is 5.91. The van der Waals surface area contributed by atoms with Gasteiger partial charge in [-0.1, -0.05) is 30.9 Å². The summed E-state index contributed by atoms with van der Waals surface area (Å²) in [5, 5.41) is 5.70. The van der Waals surface area contributed by atoms with Crippen molar-refractivity contribution in [2.24, 2.45) is 0 Å². The lowest BCUT2D eigenvalue weighted by atomic mass is 10.1. The predicted octanol–water partition coefficient (Wildman–Crippen LogP) is 5.06. The first-order valence-electron chi connectivity index (χ1n) is 9.19. The number of carbonyl (C=O) groups excluding carboxylic acids is 2. The monoisotopic (exact) mass is 386 g/mol. The third-order valence-corrected chi connectivity index (χ3v) is 4.27. The molecule has 2 N–H and O–H groups in total. The summed E-state index contributed by atoms with van der Waals surface area (Å²) >= 11 is 0. The van der Waals surface area contributed by atoms with Crippen LogP contribution in [0.2, 0.25) is 0 Å². The van der Waals surface area contributed by atoms with Gasteiger partial charge in [0.25, 0.3) is 11.8 Å². The maximum Gasteiger partial charge on any atom is 0.255 e. The Labute approximate surface area is 170 Å². The number of hydrogen-bond donors (Lipinski definition) is 2. The molecular weight excluding hydrogens is 364 g/mol. The van der Waals surface area contributed by atoms with Crippen LogP contribution in [0, 0.1) is 6.92 Å². The molecule has 0 aliphatic carbocycles. The van der Waals surface area contributed by atoms with E-state index >= 15 is 0 Å². The van der Waals surface area contributed by atoms with Crippen molar-refractivity contribution in [3.63, 3.8) is 0 Å². The van der Waals surface area contributed by atoms with E-state index in [0.29, 0.717) is 34.9 Å². The second-order valence-electron chi connectivity index (χ2n) is 6.42. The Kier molecular flexibility index (Phi) is 6.43. The summed E-state index contributed by atoms with van der Waals surface area (Å²) in [6.07, 6.45) is 1.66. The molecule has 0 unspecified atom stereocenters. The number of nitrogens with one attached hydrogen (secondary N) is 2. The number of rotatable bonds is 7. The van der Waals surface area contributed by atoms with Crippen molar-refractivity contribution >= 4 is 23.2 Å². The molecule has 0 atom stereocenters. The van der Waals surface area contributed by atoms with Crippen LogP contribution in [0.3, 0.4) is 0 Å². The number of amides is 2. The molecule has 0 heterocycles. The number of carbonyl (C=O) groups is 2. The Morgan fingerprint density at radius 1 is 0.862 bits per heavy atom. The minimum absolute atomic E-state index is 0.168. The van der Waals surface area contributed by atoms with Gasteiger partial charge in [0.2, 0.25) is 0 Å². The molecule has 3 rings (SSSR count). The van der Waals surface area contributed by atoms with Crippen LogP contribution >= 0.6 is 0 Å². The van der Waals surface area contributed by atoms with E-state index in [2.05, 4.69) is 17.2 Å². The Morgan fingerprint density at radius 2 is 1.45 bits per heavy atom. The van der Waals surface area contributed by atoms with Gasteiger partial charge in [-0.25, -0.2) is 0 Å². The second kappa shape index (κ2) is 9.37. The molecule has 0 saturated heterocycles. The first kappa shape index (κ1) is 19.9. The van der Waals surface area contributed by atoms with Gasteiger partial charge >= 0.3 is 0 Å². The molecule has 0 aromatic heterocycles. The number of hydrogen-bond acceptors (Lipinski definition) is 3. The van der Waals surface area contributed by atoms with Crippen LogP contribution < -0.4 is 15.4 Å². The summed E-state index contributed by atoms with van der Waals surface area (Å²) in [4.78, 5) is 24.8. The van der Waals surface area contributed by atoms with Crippen LogP contribution in [0.5, 0.6) is 5.75 Å². The molecule has 0 spiro atoms. The number of anilines is 2. The van der Waals surface area contributed by atoms with Crippen LogP contribution in [-0.4, -0.2) is 18.4 Å². The highest BCUT2D eigenvalue weighted by Crippen LogP contribution is 2.18. The zero-order chi connectivity index (χ0) is 20.6. The summed E-state index contributed by atoms with van der Waals surface area (Å²) < 4.78 is 5.41. The van der Waals surface area contributed by atoms with E-state index < -0.39 is 0 Å². The lowest BCUT2D eigenvalue weighted by molar-refractivity contribution is 0.101. The fourth-order valence-corrected chi connectivity index (χ4v) is 2.72. The molecule has 0 aliphatic rings. The van der Waals surface area contributed by atoms with E-state index in [1.165, 1.54) is 0 Å². The fraction of sp³-hybridized carbons (Fsp3) is 0.0833. The number of benzene rings is 3. The van der Waals surface area contributed by atoms with Crippen molar-refractivity contribution in [2.75, 3.05) is 17.2 Å². The smallest absolute Gasteiger partial charge is 0.255 e. The molecule has 3 aromatic carbocycles. The van der Waals surface area contributed by atoms with Crippen LogP contribution in [-0.2, 0) is 0 Å². The molecule has 0 bridgehead atoms. The van der Waals surface area contributed by atoms with Crippen molar-refractivity contribution in [1.82, 2.24) is 0 Å². The maximum absolute atomic E-state index is 12.4. The van der Waals surface area contributed by atoms with Crippen LogP contribution in [0.15, 0.2) is 85.5 Å². The first-order valence-corrected chi connectivity index (χ1v) is 9.19. The zero-order valence-electron chi connectivity index (χ0n) is 16.1. The minimum atomic E-state index is -0.225. The molecule has 3 aromatic rings. The molecule has 146 valence electrons. The fourth-order valence-electron chi connectivity index (χ4n) is 2.72. The highest BCUT2D eigenvalue weighted by atomic mass is 16.5. The van der Waals surface area contributed by atoms with E-state index in [4.69, 9.17) is 4.74 Å². The second-order valence-corrected chi connectivity index (χ2v) is 6.42. The third-order valence-electron chi connectivity index (χ3n) is 4.27. The molecule has 0 aliphatic heterocycles. The van der Waals surface area contributed by atoms with Crippen molar-refractivity contribution < 1.29 is 14.3 Å². The first-order chi connectivity index (χ1) is 14.1. The Balaban J connectivity index is 1.60. The van der Waals surface area contributed by atoms with Gasteiger partial charge in [0.05, 0.1) is 0 Å². The SMILES string of the molecule is C=CCOc1ccc(C(=O)Nc2ccc(NC(=O)c3ccccc3C)cc2)cc1. The average molecular weight is 386 g/mol. The maximum atomic E-state index is 12.4. The number of aryl methyl sites for hydroxylation is 1. The van der Waals surface area contributed by atoms with E-state index in [1.807, 2.05) is 25.1 Å². The molecular formula is C24H22N2O3. The van der Waals surface area contributed by atoms with Crippen molar-refractivity contribution in [1.29, 1.82) is 0 Å². The van der Waals surface area contributed by atoms with Gasteiger partial charge in [-0.15, -0.1) is 0 Å². The molecule has 5 heteroatoms. The van der Waals surface area contributed by atoms with Gasteiger partial charge in [-0.2, -0.15) is 0 Å². The van der Waals surface area contributed by atoms with Crippen LogP contribution in [0.25, 0.3) is 0 Å². The van der Waals surface area contributed by atoms with E-state index in [1.54, 1.807) is 60.7 Å². The zero-order valence-corrected chi connectivity index (χ0v) is 16.1. The highest BCUT2D eigenvalue weighted by Gasteiger charge is 2.09. The van der Waals surface area contributed by atoms with E-state index in [0.717, 1.165) is 5.56 Å². The topological polar surface area (TPSA) is 67.4 Å². The van der Waals surface area contributed by atoms with Crippen molar-refractivity contribution in [3.05, 3.63) is 102 Å². The van der Waals surface area contributed by atoms with Gasteiger partial charge in [-0.3, -0.25) is 9.59 Å². The number of ether oxygens (including phenoxy) is 1. The van der Waals surface area contributed by atoms with Crippen LogP contribution in [0.4, 0.5) is 11.4 Å². The Morgan fingerprint density at radius 3 is 2.03 bits per heavy atom. The van der Waals surface area contributed by atoms with Gasteiger partial charge < -0.3 is 15.4 Å². The lowest BCUT2D eigenvalue weighted by Gasteiger charge is -2.10. The van der Waals surface area contributed by atoms with E-state index in [-0.39, 0.29) is 11.8 Å². The summed E-state index contributed by atoms with van der Waals surface area (Å²) in [7, 11) is 0. The predicted molar refractivity (Wildman–Crippen MR) is 116 cm³/mol. The Hall–Kier alpha value is -3.86. The standard InChI is InChI=1S/C24H22N2O3/c1-3-16-29-21-14-8-18(9-15-21)23(27)25-19-10-12-20(13-11-19)26-24(28)22-7-5-4-6-17(22)2/h3-15H,1,16H2,2H3,(H,25,27)(H,26,28). The summed E-state index contributed by atoms with van der Waals surface area (Å²) in [6, 6.07) is 21.3. The average Bonchev–Trinajstić information content (AvgIpc) is 2.74. The third kappa shape index (κ3) is 5.32. The molecule has 29 heavy (non-hydrogen) atoms. The summed E-state index contributed by atoms with van der Waals surface area (Å²) in [5.74, 6) is 0.283. The van der Waals surface area contributed by atoms with Gasteiger partial charge in [0.15, 0.2) is 0 Å². The normalized spacial score (nSPS) is 10.1. The molecule has 0 saturated carbocycles. The van der Waals surface area contributed by atoms with E-state index in [9.17, 15) is 9.59 Å². The quantitative estimate of drug-likeness (QED) is 0.558. The van der Waals surface area contributed by atoms with Crippen LogP contribution in [0.1, 0.15) is 26.3 Å². The highest BCUT2D eigenvalue weighted by molar-refractivity contribution is 6.06. The molecule has 0 fully saturated rings. The minimum Gasteiger partial charge on any atom is -0.490 e. The van der Waals surface area contributed by atoms with Gasteiger partial charge in [0.1, 0.15) is 12.4 Å². The van der Waals surface area contributed by atoms with Crippen molar-refractivity contribution in [3.8, 4) is 5.75 Å². The largest absolute Gasteiger partial charge is 0.490 e. The van der Waals surface area contributed by atoms with Gasteiger partial charge in [0, 0.05) is 22.5 Å². The molecule has 2 amide bonds. The summed E-state index contributed by atoms with van der Waals surface area (Å²) in [5.41, 5.74) is 3.35. The van der Waals surface area contributed by atoms with Gasteiger partial charge in [-0.05, 0) is 67.1 Å². The molecule has 0 radical (unpaired) electrons. The van der Waals surface area contributed by atoms with Crippen molar-refractivity contribution in [2.45, 2.75) is 6.92 Å². The molecule has 5 nitrogen and oxygen atoms in total.